The van der Waals surface area contributed by atoms with E-state index in [1.54, 1.807) is 19.6 Å². The number of rotatable bonds is 4. The van der Waals surface area contributed by atoms with Crippen molar-refractivity contribution in [2.24, 2.45) is 0 Å². The van der Waals surface area contributed by atoms with Crippen molar-refractivity contribution >= 4 is 23.5 Å². The molecule has 0 spiro atoms. The first-order valence-electron chi connectivity index (χ1n) is 9.85. The summed E-state index contributed by atoms with van der Waals surface area (Å²) in [6, 6.07) is 4.11. The molecule has 32 heavy (non-hydrogen) atoms. The Kier molecular flexibility index (Phi) is 8.33. The number of hydrogen-bond acceptors (Lipinski definition) is 7. The van der Waals surface area contributed by atoms with E-state index in [4.69, 9.17) is 14.9 Å². The van der Waals surface area contributed by atoms with Crippen molar-refractivity contribution in [3.8, 4) is 0 Å². The molecule has 3 N–H and O–H groups in total. The van der Waals surface area contributed by atoms with E-state index < -0.39 is 12.1 Å². The first kappa shape index (κ1) is 24.8. The van der Waals surface area contributed by atoms with E-state index in [0.29, 0.717) is 11.4 Å². The lowest BCUT2D eigenvalue weighted by molar-refractivity contribution is -0.192. The molecule has 0 aliphatic carbocycles. The summed E-state index contributed by atoms with van der Waals surface area (Å²) >= 11 is 0. The van der Waals surface area contributed by atoms with Gasteiger partial charge in [0.25, 0.3) is 5.91 Å². The first-order chi connectivity index (χ1) is 15.0. The maximum absolute atomic E-state index is 12.3. The fourth-order valence-electron chi connectivity index (χ4n) is 3.02. The number of hydrogen-bond donors (Lipinski definition) is 3. The van der Waals surface area contributed by atoms with Gasteiger partial charge in [0.2, 0.25) is 0 Å². The zero-order valence-electron chi connectivity index (χ0n) is 17.9. The van der Waals surface area contributed by atoms with Crippen LogP contribution in [0.3, 0.4) is 0 Å². The second kappa shape index (κ2) is 10.7. The predicted octanol–water partition coefficient (Wildman–Crippen LogP) is 2.29. The second-order valence-corrected chi connectivity index (χ2v) is 7.23. The summed E-state index contributed by atoms with van der Waals surface area (Å²) in [7, 11) is 1.64. The number of nitrogens with zero attached hydrogens (tertiary/aromatic N) is 4. The molecule has 0 radical (unpaired) electrons. The van der Waals surface area contributed by atoms with Gasteiger partial charge in [-0.15, -0.1) is 0 Å². The standard InChI is InChI=1S/C18H24N6O.C2HF3O2/c1-12(2)22-17-14(18(25)19-3)10-13-5-8-24(9-6-15(13)23-17)16-4-7-20-11-21-16;3-2(4,5)1(6)7/h4,7,10-12H,5-6,8-9H2,1-3H3,(H,19,25)(H,22,23);(H,6,7). The van der Waals surface area contributed by atoms with Crippen LogP contribution in [0.5, 0.6) is 0 Å². The Morgan fingerprint density at radius 2 is 1.88 bits per heavy atom. The molecule has 2 aromatic heterocycles. The average Bonchev–Trinajstić information content (AvgIpc) is 2.95. The number of amides is 1. The van der Waals surface area contributed by atoms with Gasteiger partial charge < -0.3 is 20.6 Å². The molecule has 1 aliphatic rings. The zero-order valence-corrected chi connectivity index (χ0v) is 17.9. The van der Waals surface area contributed by atoms with Crippen molar-refractivity contribution in [3.63, 3.8) is 0 Å². The molecule has 0 saturated carbocycles. The van der Waals surface area contributed by atoms with Crippen LogP contribution < -0.4 is 15.5 Å². The minimum Gasteiger partial charge on any atom is -0.475 e. The number of carboxylic acid groups (broad SMARTS) is 1. The summed E-state index contributed by atoms with van der Waals surface area (Å²) in [5, 5.41) is 13.1. The van der Waals surface area contributed by atoms with Gasteiger partial charge >= 0.3 is 12.1 Å². The van der Waals surface area contributed by atoms with Gasteiger partial charge in [-0.25, -0.2) is 19.7 Å². The van der Waals surface area contributed by atoms with E-state index in [2.05, 4.69) is 25.5 Å². The third kappa shape index (κ3) is 6.79. The molecule has 3 rings (SSSR count). The highest BCUT2D eigenvalue weighted by Gasteiger charge is 2.38. The Morgan fingerprint density at radius 1 is 1.22 bits per heavy atom. The number of alkyl halides is 3. The van der Waals surface area contributed by atoms with Gasteiger partial charge in [-0.2, -0.15) is 13.2 Å². The molecular weight excluding hydrogens is 429 g/mol. The molecule has 0 atom stereocenters. The number of carboxylic acids is 1. The van der Waals surface area contributed by atoms with Crippen LogP contribution in [0.15, 0.2) is 24.7 Å². The van der Waals surface area contributed by atoms with Gasteiger partial charge in [0.05, 0.1) is 5.56 Å². The van der Waals surface area contributed by atoms with Crippen molar-refractivity contribution in [1.82, 2.24) is 20.3 Å². The summed E-state index contributed by atoms with van der Waals surface area (Å²) in [5.74, 6) is -1.29. The van der Waals surface area contributed by atoms with E-state index in [0.717, 1.165) is 43.0 Å². The Morgan fingerprint density at radius 3 is 2.41 bits per heavy atom. The molecule has 1 amide bonds. The van der Waals surface area contributed by atoms with Crippen LogP contribution in [0.1, 0.15) is 35.5 Å². The minimum atomic E-state index is -5.08. The van der Waals surface area contributed by atoms with E-state index in [9.17, 15) is 18.0 Å². The van der Waals surface area contributed by atoms with Crippen LogP contribution in [-0.4, -0.2) is 64.3 Å². The Bertz CT molecular complexity index is 938. The van der Waals surface area contributed by atoms with Crippen molar-refractivity contribution in [2.45, 2.75) is 38.9 Å². The number of pyridine rings is 1. The van der Waals surface area contributed by atoms with Crippen LogP contribution in [0.4, 0.5) is 24.8 Å². The van der Waals surface area contributed by atoms with Gasteiger partial charge in [-0.05, 0) is 38.0 Å². The zero-order chi connectivity index (χ0) is 23.9. The molecule has 1 aliphatic heterocycles. The maximum Gasteiger partial charge on any atom is 0.490 e. The summed E-state index contributed by atoms with van der Waals surface area (Å²) < 4.78 is 31.7. The SMILES string of the molecule is CNC(=O)c1cc2c(nc1NC(C)C)CCN(c1ccncn1)CC2.O=C(O)C(F)(F)F. The largest absolute Gasteiger partial charge is 0.490 e. The fourth-order valence-corrected chi connectivity index (χ4v) is 3.02. The van der Waals surface area contributed by atoms with Crippen LogP contribution in [-0.2, 0) is 17.6 Å². The number of halogens is 3. The van der Waals surface area contributed by atoms with E-state index in [1.165, 1.54) is 0 Å². The lowest BCUT2D eigenvalue weighted by Crippen LogP contribution is -2.26. The smallest absolute Gasteiger partial charge is 0.475 e. The number of fused-ring (bicyclic) bond motifs is 1. The highest BCUT2D eigenvalue weighted by Crippen LogP contribution is 2.23. The summed E-state index contributed by atoms with van der Waals surface area (Å²) in [4.78, 5) is 36.5. The number of carbonyl (C=O) groups excluding carboxylic acids is 1. The molecule has 174 valence electrons. The van der Waals surface area contributed by atoms with Crippen molar-refractivity contribution in [3.05, 3.63) is 41.5 Å². The highest BCUT2D eigenvalue weighted by atomic mass is 19.4. The summed E-state index contributed by atoms with van der Waals surface area (Å²) in [6.45, 7) is 5.77. The van der Waals surface area contributed by atoms with Crippen LogP contribution in [0.25, 0.3) is 0 Å². The van der Waals surface area contributed by atoms with E-state index >= 15 is 0 Å². The molecule has 2 aromatic rings. The molecular formula is C20H25F3N6O3. The predicted molar refractivity (Wildman–Crippen MR) is 112 cm³/mol. The number of aromatic nitrogens is 3. The quantitative estimate of drug-likeness (QED) is 0.644. The number of aliphatic carboxylic acids is 1. The van der Waals surface area contributed by atoms with Crippen LogP contribution in [0, 0.1) is 0 Å². The van der Waals surface area contributed by atoms with Gasteiger partial charge in [-0.3, -0.25) is 4.79 Å². The van der Waals surface area contributed by atoms with Gasteiger partial charge in [0, 0.05) is 44.5 Å². The third-order valence-corrected chi connectivity index (χ3v) is 4.49. The molecule has 0 bridgehead atoms. The normalized spacial score (nSPS) is 13.4. The third-order valence-electron chi connectivity index (χ3n) is 4.49. The maximum atomic E-state index is 12.3. The Hall–Kier alpha value is -3.44. The first-order valence-corrected chi connectivity index (χ1v) is 9.85. The van der Waals surface area contributed by atoms with E-state index in [1.807, 2.05) is 26.0 Å². The van der Waals surface area contributed by atoms with Crippen molar-refractivity contribution in [2.75, 3.05) is 30.4 Å². The summed E-state index contributed by atoms with van der Waals surface area (Å²) in [6.07, 6.45) is -0.106. The van der Waals surface area contributed by atoms with Gasteiger partial charge in [0.1, 0.15) is 18.0 Å². The average molecular weight is 454 g/mol. The highest BCUT2D eigenvalue weighted by molar-refractivity contribution is 5.98. The topological polar surface area (TPSA) is 120 Å². The molecule has 0 unspecified atom stereocenters. The van der Waals surface area contributed by atoms with Crippen molar-refractivity contribution in [1.29, 1.82) is 0 Å². The minimum absolute atomic E-state index is 0.115. The number of nitrogens with one attached hydrogen (secondary N) is 2. The fraction of sp³-hybridized carbons (Fsp3) is 0.450. The molecule has 9 nitrogen and oxygen atoms in total. The monoisotopic (exact) mass is 454 g/mol. The molecule has 3 heterocycles. The molecule has 0 aromatic carbocycles. The molecule has 12 heteroatoms. The molecule has 0 fully saturated rings. The Balaban J connectivity index is 0.000000451. The number of anilines is 2. The van der Waals surface area contributed by atoms with Crippen LogP contribution >= 0.6 is 0 Å². The lowest BCUT2D eigenvalue weighted by Gasteiger charge is -2.20. The van der Waals surface area contributed by atoms with Crippen LogP contribution in [0.2, 0.25) is 0 Å². The lowest BCUT2D eigenvalue weighted by atomic mass is 10.0. The van der Waals surface area contributed by atoms with Gasteiger partial charge in [0.15, 0.2) is 0 Å². The number of carbonyl (C=O) groups is 2. The second-order valence-electron chi connectivity index (χ2n) is 7.23. The van der Waals surface area contributed by atoms with Gasteiger partial charge in [-0.1, -0.05) is 0 Å². The van der Waals surface area contributed by atoms with E-state index in [-0.39, 0.29) is 11.9 Å². The molecule has 0 saturated heterocycles. The summed E-state index contributed by atoms with van der Waals surface area (Å²) in [5.41, 5.74) is 2.78. The Labute approximate surface area is 183 Å². The van der Waals surface area contributed by atoms with Crippen molar-refractivity contribution < 1.29 is 27.9 Å².